The number of rotatable bonds is 6. The molecule has 1 aliphatic carbocycles. The second-order valence-corrected chi connectivity index (χ2v) is 6.05. The Morgan fingerprint density at radius 2 is 2.24 bits per heavy atom. The van der Waals surface area contributed by atoms with Crippen LogP contribution in [0.25, 0.3) is 0 Å². The monoisotopic (exact) mass is 349 g/mol. The first kappa shape index (κ1) is 14.1. The Balaban J connectivity index is 1.51. The van der Waals surface area contributed by atoms with Crippen LogP contribution in [0, 0.1) is 0 Å². The molecule has 2 aromatic rings. The maximum Gasteiger partial charge on any atom is 0.241 e. The van der Waals surface area contributed by atoms with Gasteiger partial charge in [0.1, 0.15) is 6.54 Å². The number of amides is 1. The molecule has 2 heterocycles. The topological polar surface area (TPSA) is 71.8 Å². The largest absolute Gasteiger partial charge is 0.378 e. The molecule has 1 fully saturated rings. The van der Waals surface area contributed by atoms with Gasteiger partial charge in [-0.25, -0.2) is 0 Å². The third kappa shape index (κ3) is 4.29. The first-order valence-corrected chi connectivity index (χ1v) is 7.63. The molecule has 110 valence electrons. The lowest BCUT2D eigenvalue weighted by molar-refractivity contribution is -0.122. The van der Waals surface area contributed by atoms with Crippen LogP contribution in [0.1, 0.15) is 18.4 Å². The summed E-state index contributed by atoms with van der Waals surface area (Å²) in [5, 5.41) is 10.4. The predicted molar refractivity (Wildman–Crippen MR) is 82.7 cm³/mol. The second-order valence-electron chi connectivity index (χ2n) is 5.13. The van der Waals surface area contributed by atoms with Gasteiger partial charge >= 0.3 is 0 Å². The van der Waals surface area contributed by atoms with E-state index in [2.05, 4.69) is 36.6 Å². The van der Waals surface area contributed by atoms with Gasteiger partial charge in [-0.2, -0.15) is 5.10 Å². The maximum atomic E-state index is 11.7. The first-order chi connectivity index (χ1) is 10.2. The van der Waals surface area contributed by atoms with Crippen molar-refractivity contribution in [3.8, 4) is 0 Å². The lowest BCUT2D eigenvalue weighted by Gasteiger charge is -2.04. The van der Waals surface area contributed by atoms with Crippen molar-refractivity contribution in [1.82, 2.24) is 20.1 Å². The number of pyridine rings is 1. The third-order valence-electron chi connectivity index (χ3n) is 3.14. The molecule has 3 rings (SSSR count). The second kappa shape index (κ2) is 6.26. The minimum Gasteiger partial charge on any atom is -0.378 e. The first-order valence-electron chi connectivity index (χ1n) is 6.84. The summed E-state index contributed by atoms with van der Waals surface area (Å²) in [6, 6.07) is 2.39. The summed E-state index contributed by atoms with van der Waals surface area (Å²) in [5.41, 5.74) is 1.96. The van der Waals surface area contributed by atoms with Gasteiger partial charge < -0.3 is 10.6 Å². The normalized spacial score (nSPS) is 14.0. The third-order valence-corrected chi connectivity index (χ3v) is 3.57. The van der Waals surface area contributed by atoms with E-state index in [1.165, 1.54) is 0 Å². The van der Waals surface area contributed by atoms with E-state index >= 15 is 0 Å². The van der Waals surface area contributed by atoms with Gasteiger partial charge in [-0.3, -0.25) is 14.5 Å². The van der Waals surface area contributed by atoms with Crippen LogP contribution in [0.3, 0.4) is 0 Å². The van der Waals surface area contributed by atoms with Crippen molar-refractivity contribution in [1.29, 1.82) is 0 Å². The fourth-order valence-corrected chi connectivity index (χ4v) is 2.36. The molecular weight excluding hydrogens is 334 g/mol. The van der Waals surface area contributed by atoms with Crippen LogP contribution in [-0.4, -0.2) is 26.7 Å². The van der Waals surface area contributed by atoms with E-state index < -0.39 is 0 Å². The van der Waals surface area contributed by atoms with Crippen molar-refractivity contribution in [3.05, 3.63) is 40.9 Å². The summed E-state index contributed by atoms with van der Waals surface area (Å²) in [6.07, 6.45) is 9.30. The Morgan fingerprint density at radius 3 is 3.00 bits per heavy atom. The Bertz CT molecular complexity index is 638. The van der Waals surface area contributed by atoms with Crippen LogP contribution in [0.5, 0.6) is 0 Å². The molecule has 0 aromatic carbocycles. The lowest BCUT2D eigenvalue weighted by Crippen LogP contribution is -2.29. The molecule has 0 aliphatic heterocycles. The predicted octanol–water partition coefficient (Wildman–Crippen LogP) is 1.93. The molecule has 1 saturated carbocycles. The molecule has 0 spiro atoms. The van der Waals surface area contributed by atoms with Crippen molar-refractivity contribution in [2.75, 3.05) is 5.32 Å². The lowest BCUT2D eigenvalue weighted by atomic mass is 10.3. The van der Waals surface area contributed by atoms with Gasteiger partial charge in [-0.05, 0) is 40.4 Å². The molecule has 1 aliphatic rings. The number of halogens is 1. The van der Waals surface area contributed by atoms with Crippen molar-refractivity contribution in [3.63, 3.8) is 0 Å². The summed E-state index contributed by atoms with van der Waals surface area (Å²) in [6.45, 7) is 0.920. The highest BCUT2D eigenvalue weighted by Gasteiger charge is 2.23. The van der Waals surface area contributed by atoms with E-state index in [1.807, 2.05) is 18.5 Å². The Kier molecular flexibility index (Phi) is 4.19. The van der Waals surface area contributed by atoms with Crippen molar-refractivity contribution < 1.29 is 4.79 Å². The summed E-state index contributed by atoms with van der Waals surface area (Å²) in [7, 11) is 0. The van der Waals surface area contributed by atoms with Gasteiger partial charge in [-0.15, -0.1) is 0 Å². The molecular formula is C14H16BrN5O. The van der Waals surface area contributed by atoms with Crippen LogP contribution >= 0.6 is 15.9 Å². The molecule has 0 radical (unpaired) electrons. The molecule has 0 atom stereocenters. The van der Waals surface area contributed by atoms with E-state index in [0.29, 0.717) is 12.6 Å². The summed E-state index contributed by atoms with van der Waals surface area (Å²) in [4.78, 5) is 15.8. The van der Waals surface area contributed by atoms with E-state index in [4.69, 9.17) is 0 Å². The van der Waals surface area contributed by atoms with Crippen molar-refractivity contribution in [2.45, 2.75) is 32.0 Å². The highest BCUT2D eigenvalue weighted by molar-refractivity contribution is 9.10. The number of carbonyl (C=O) groups is 1. The number of hydrogen-bond donors (Lipinski definition) is 2. The molecule has 7 heteroatoms. The number of nitrogens with one attached hydrogen (secondary N) is 2. The van der Waals surface area contributed by atoms with Gasteiger partial charge in [0.2, 0.25) is 5.91 Å². The Labute approximate surface area is 131 Å². The maximum absolute atomic E-state index is 11.7. The molecule has 0 unspecified atom stereocenters. The van der Waals surface area contributed by atoms with Gasteiger partial charge in [-0.1, -0.05) is 0 Å². The average Bonchev–Trinajstić information content (AvgIpc) is 3.14. The highest BCUT2D eigenvalue weighted by Crippen LogP contribution is 2.18. The SMILES string of the molecule is O=C(Cn1cc(NCc2cncc(Br)c2)cn1)NC1CC1. The zero-order valence-corrected chi connectivity index (χ0v) is 13.0. The van der Waals surface area contributed by atoms with E-state index in [0.717, 1.165) is 28.6 Å². The van der Waals surface area contributed by atoms with Crippen LogP contribution in [-0.2, 0) is 17.9 Å². The van der Waals surface area contributed by atoms with E-state index in [-0.39, 0.29) is 12.5 Å². The number of anilines is 1. The molecule has 2 aromatic heterocycles. The smallest absolute Gasteiger partial charge is 0.241 e. The van der Waals surface area contributed by atoms with Gasteiger partial charge in [0.25, 0.3) is 0 Å². The van der Waals surface area contributed by atoms with Crippen LogP contribution in [0.4, 0.5) is 5.69 Å². The van der Waals surface area contributed by atoms with E-state index in [9.17, 15) is 4.79 Å². The number of aromatic nitrogens is 3. The van der Waals surface area contributed by atoms with Gasteiger partial charge in [0, 0.05) is 35.6 Å². The minimum absolute atomic E-state index is 0.0170. The molecule has 2 N–H and O–H groups in total. The number of carbonyl (C=O) groups excluding carboxylic acids is 1. The van der Waals surface area contributed by atoms with Crippen LogP contribution in [0.15, 0.2) is 35.3 Å². The Morgan fingerprint density at radius 1 is 1.38 bits per heavy atom. The fourth-order valence-electron chi connectivity index (χ4n) is 1.95. The number of hydrogen-bond acceptors (Lipinski definition) is 4. The summed E-state index contributed by atoms with van der Waals surface area (Å²) < 4.78 is 2.59. The average molecular weight is 350 g/mol. The minimum atomic E-state index is 0.0170. The summed E-state index contributed by atoms with van der Waals surface area (Å²) in [5.74, 6) is 0.0170. The highest BCUT2D eigenvalue weighted by atomic mass is 79.9. The molecule has 0 bridgehead atoms. The van der Waals surface area contributed by atoms with Crippen molar-refractivity contribution in [2.24, 2.45) is 0 Å². The zero-order chi connectivity index (χ0) is 14.7. The number of nitrogens with zero attached hydrogens (tertiary/aromatic N) is 3. The van der Waals surface area contributed by atoms with E-state index in [1.54, 1.807) is 17.1 Å². The van der Waals surface area contributed by atoms with Gasteiger partial charge in [0.05, 0.1) is 11.9 Å². The van der Waals surface area contributed by atoms with Crippen LogP contribution in [0.2, 0.25) is 0 Å². The summed E-state index contributed by atoms with van der Waals surface area (Å²) >= 11 is 3.39. The fraction of sp³-hybridized carbons (Fsp3) is 0.357. The molecule has 21 heavy (non-hydrogen) atoms. The molecule has 6 nitrogen and oxygen atoms in total. The van der Waals surface area contributed by atoms with Gasteiger partial charge in [0.15, 0.2) is 0 Å². The molecule has 0 saturated heterocycles. The van der Waals surface area contributed by atoms with Crippen LogP contribution < -0.4 is 10.6 Å². The van der Waals surface area contributed by atoms with Crippen molar-refractivity contribution >= 4 is 27.5 Å². The molecule has 1 amide bonds. The quantitative estimate of drug-likeness (QED) is 0.835. The Hall–Kier alpha value is -1.89. The zero-order valence-electron chi connectivity index (χ0n) is 11.4. The standard InChI is InChI=1S/C14H16BrN5O/c15-11-3-10(4-16-6-11)5-17-13-7-18-20(8-13)9-14(21)19-12-1-2-12/h3-4,6-8,12,17H,1-2,5,9H2,(H,19,21).